The predicted molar refractivity (Wildman–Crippen MR) is 221 cm³/mol. The number of carboxylic acids is 2. The lowest BCUT2D eigenvalue weighted by atomic mass is 9.92. The van der Waals surface area contributed by atoms with E-state index in [1.54, 1.807) is 13.8 Å². The molecular formula is C47H66O8. The van der Waals surface area contributed by atoms with E-state index in [1.165, 1.54) is 16.7 Å². The predicted octanol–water partition coefficient (Wildman–Crippen LogP) is 10.4. The zero-order valence-electron chi connectivity index (χ0n) is 34.9. The lowest BCUT2D eigenvalue weighted by Gasteiger charge is -2.12. The highest BCUT2D eigenvalue weighted by molar-refractivity contribution is 5.88. The average molecular weight is 759 g/mol. The topological polar surface area (TPSA) is 135 Å². The highest BCUT2D eigenvalue weighted by Crippen LogP contribution is 2.22. The summed E-state index contributed by atoms with van der Waals surface area (Å²) in [6.45, 7) is 20.6. The first-order chi connectivity index (χ1) is 25.8. The molecule has 8 nitrogen and oxygen atoms in total. The molecule has 0 spiro atoms. The number of carbonyl (C=O) groups is 5. The lowest BCUT2D eigenvalue weighted by Crippen LogP contribution is -2.13. The number of benzene rings is 3. The maximum Gasteiger partial charge on any atom is 0.310 e. The van der Waals surface area contributed by atoms with Crippen molar-refractivity contribution in [3.05, 3.63) is 106 Å². The molecule has 3 aromatic carbocycles. The smallest absolute Gasteiger partial charge is 0.310 e. The van der Waals surface area contributed by atoms with Crippen LogP contribution in [-0.2, 0) is 48.0 Å². The van der Waals surface area contributed by atoms with Crippen LogP contribution in [-0.4, -0.2) is 46.3 Å². The van der Waals surface area contributed by atoms with Crippen LogP contribution in [0.25, 0.3) is 0 Å². The Bertz CT molecular complexity index is 1600. The SMILES string of the molecule is CC(C)Cc1ccc([C@H](C)C(=O)CCC(=O)O)cc1.CC(C)Cc1ccc([C@H](C)C(=O)O)cc1.CCOC(=O)CCC(=O)[C@@H](C)c1ccc(CC(C)C)cc1. The molecule has 0 aliphatic heterocycles. The van der Waals surface area contributed by atoms with Crippen molar-refractivity contribution in [2.75, 3.05) is 6.61 Å². The van der Waals surface area contributed by atoms with Gasteiger partial charge in [0.15, 0.2) is 0 Å². The number of carbonyl (C=O) groups excluding carboxylic acids is 3. The Balaban J connectivity index is 0.000000418. The van der Waals surface area contributed by atoms with Gasteiger partial charge in [0.2, 0.25) is 0 Å². The molecule has 55 heavy (non-hydrogen) atoms. The fraction of sp³-hybridized carbons (Fsp3) is 0.511. The summed E-state index contributed by atoms with van der Waals surface area (Å²) in [7, 11) is 0. The average Bonchev–Trinajstić information content (AvgIpc) is 3.12. The number of aliphatic carboxylic acids is 2. The monoisotopic (exact) mass is 758 g/mol. The van der Waals surface area contributed by atoms with Crippen LogP contribution >= 0.6 is 0 Å². The van der Waals surface area contributed by atoms with Crippen molar-refractivity contribution in [2.24, 2.45) is 17.8 Å². The molecule has 8 heteroatoms. The number of hydrogen-bond acceptors (Lipinski definition) is 6. The number of ether oxygens (including phenoxy) is 1. The van der Waals surface area contributed by atoms with E-state index >= 15 is 0 Å². The molecule has 0 amide bonds. The third-order valence-corrected chi connectivity index (χ3v) is 9.17. The summed E-state index contributed by atoms with van der Waals surface area (Å²) in [5, 5.41) is 17.4. The molecular weight excluding hydrogens is 693 g/mol. The molecule has 3 atom stereocenters. The van der Waals surface area contributed by atoms with Crippen molar-refractivity contribution in [1.82, 2.24) is 0 Å². The number of hydrogen-bond donors (Lipinski definition) is 2. The Labute approximate surface area is 330 Å². The summed E-state index contributed by atoms with van der Waals surface area (Å²) in [6, 6.07) is 24.1. The van der Waals surface area contributed by atoms with Crippen LogP contribution in [0.5, 0.6) is 0 Å². The van der Waals surface area contributed by atoms with Gasteiger partial charge in [-0.25, -0.2) is 0 Å². The Morgan fingerprint density at radius 3 is 1.05 bits per heavy atom. The zero-order valence-corrected chi connectivity index (χ0v) is 34.9. The summed E-state index contributed by atoms with van der Waals surface area (Å²) in [6.07, 6.45) is 3.55. The quantitative estimate of drug-likeness (QED) is 0.115. The molecule has 3 aromatic rings. The van der Waals surface area contributed by atoms with Gasteiger partial charge in [-0.1, -0.05) is 128 Å². The summed E-state index contributed by atoms with van der Waals surface area (Å²) in [5.41, 5.74) is 6.67. The standard InChI is InChI=1S/C18H26O3.C16H22O3.C13H18O2/c1-5-21-18(20)11-10-17(19)14(4)16-8-6-15(7-9-16)12-13(2)3;1-11(2)10-13-4-6-14(7-5-13)12(3)15(17)8-9-16(18)19;1-9(2)8-11-4-6-12(7-5-11)10(3)13(14)15/h6-9,13-14H,5,10-12H2,1-4H3;4-7,11-12H,8-10H2,1-3H3,(H,18,19);4-7,9-10H,8H2,1-3H3,(H,14,15)/t14-;12-;10-/m000/s1. The highest BCUT2D eigenvalue weighted by atomic mass is 16.5. The van der Waals surface area contributed by atoms with E-state index in [4.69, 9.17) is 14.9 Å². The summed E-state index contributed by atoms with van der Waals surface area (Å²) in [4.78, 5) is 56.5. The van der Waals surface area contributed by atoms with Gasteiger partial charge in [-0.2, -0.15) is 0 Å². The van der Waals surface area contributed by atoms with Crippen LogP contribution in [0.1, 0.15) is 146 Å². The van der Waals surface area contributed by atoms with E-state index in [1.807, 2.05) is 62.4 Å². The molecule has 0 aromatic heterocycles. The van der Waals surface area contributed by atoms with Gasteiger partial charge >= 0.3 is 17.9 Å². The maximum atomic E-state index is 12.1. The summed E-state index contributed by atoms with van der Waals surface area (Å²) >= 11 is 0. The van der Waals surface area contributed by atoms with Gasteiger partial charge < -0.3 is 14.9 Å². The first kappa shape index (κ1) is 48.4. The molecule has 0 unspecified atom stereocenters. The molecule has 0 saturated carbocycles. The van der Waals surface area contributed by atoms with Gasteiger partial charge in [0, 0.05) is 24.7 Å². The van der Waals surface area contributed by atoms with Crippen LogP contribution < -0.4 is 0 Å². The number of ketones is 2. The van der Waals surface area contributed by atoms with Crippen molar-refractivity contribution in [3.63, 3.8) is 0 Å². The minimum Gasteiger partial charge on any atom is -0.481 e. The van der Waals surface area contributed by atoms with Gasteiger partial charge in [0.05, 0.1) is 25.4 Å². The van der Waals surface area contributed by atoms with Gasteiger partial charge in [0.25, 0.3) is 0 Å². The number of esters is 1. The Morgan fingerprint density at radius 1 is 0.473 bits per heavy atom. The number of carboxylic acid groups (broad SMARTS) is 2. The van der Waals surface area contributed by atoms with E-state index < -0.39 is 17.9 Å². The Morgan fingerprint density at radius 2 is 0.782 bits per heavy atom. The first-order valence-corrected chi connectivity index (χ1v) is 19.8. The van der Waals surface area contributed by atoms with Crippen molar-refractivity contribution in [1.29, 1.82) is 0 Å². The zero-order chi connectivity index (χ0) is 41.7. The third-order valence-electron chi connectivity index (χ3n) is 9.17. The minimum absolute atomic E-state index is 0.0148. The second-order valence-corrected chi connectivity index (χ2v) is 15.7. The van der Waals surface area contributed by atoms with Crippen LogP contribution in [0.3, 0.4) is 0 Å². The molecule has 0 heterocycles. The summed E-state index contributed by atoms with van der Waals surface area (Å²) in [5.74, 6) is -0.880. The molecule has 0 bridgehead atoms. The first-order valence-electron chi connectivity index (χ1n) is 19.8. The molecule has 0 saturated heterocycles. The van der Waals surface area contributed by atoms with Gasteiger partial charge in [-0.15, -0.1) is 0 Å². The molecule has 0 fully saturated rings. The molecule has 302 valence electrons. The fourth-order valence-electron chi connectivity index (χ4n) is 5.88. The third kappa shape index (κ3) is 20.1. The van der Waals surface area contributed by atoms with Crippen molar-refractivity contribution >= 4 is 29.5 Å². The second kappa shape index (κ2) is 25.5. The van der Waals surface area contributed by atoms with Gasteiger partial charge in [0.1, 0.15) is 11.6 Å². The maximum absolute atomic E-state index is 12.1. The fourth-order valence-corrected chi connectivity index (χ4v) is 5.88. The largest absolute Gasteiger partial charge is 0.481 e. The van der Waals surface area contributed by atoms with Gasteiger partial charge in [-0.3, -0.25) is 24.0 Å². The molecule has 0 aliphatic rings. The summed E-state index contributed by atoms with van der Waals surface area (Å²) < 4.78 is 4.84. The van der Waals surface area contributed by atoms with E-state index in [9.17, 15) is 24.0 Å². The molecule has 3 rings (SSSR count). The molecule has 0 aliphatic carbocycles. The van der Waals surface area contributed by atoms with Crippen LogP contribution in [0, 0.1) is 17.8 Å². The van der Waals surface area contributed by atoms with Crippen LogP contribution in [0.15, 0.2) is 72.8 Å². The number of rotatable bonds is 19. The Kier molecular flexibility index (Phi) is 22.4. The normalized spacial score (nSPS) is 12.5. The lowest BCUT2D eigenvalue weighted by molar-refractivity contribution is -0.144. The van der Waals surface area contributed by atoms with E-state index in [0.717, 1.165) is 36.0 Å². The van der Waals surface area contributed by atoms with Crippen molar-refractivity contribution in [3.8, 4) is 0 Å². The van der Waals surface area contributed by atoms with Crippen LogP contribution in [0.4, 0.5) is 0 Å². The number of Topliss-reactive ketones (excluding diaryl/α,β-unsaturated/α-hetero) is 2. The van der Waals surface area contributed by atoms with E-state index in [0.29, 0.717) is 24.4 Å². The molecule has 0 radical (unpaired) electrons. The van der Waals surface area contributed by atoms with E-state index in [-0.39, 0.29) is 55.1 Å². The minimum atomic E-state index is -0.923. The van der Waals surface area contributed by atoms with E-state index in [2.05, 4.69) is 65.8 Å². The molecule has 2 N–H and O–H groups in total. The van der Waals surface area contributed by atoms with Crippen LogP contribution in [0.2, 0.25) is 0 Å². The Hall–Kier alpha value is -4.59. The highest BCUT2D eigenvalue weighted by Gasteiger charge is 2.18. The van der Waals surface area contributed by atoms with Gasteiger partial charge in [-0.05, 0) is 84.2 Å². The second-order valence-electron chi connectivity index (χ2n) is 15.7. The van der Waals surface area contributed by atoms with Crippen molar-refractivity contribution in [2.45, 2.75) is 132 Å². The van der Waals surface area contributed by atoms with Crippen molar-refractivity contribution < 1.29 is 38.9 Å².